The number of hydrogen-bond acceptors (Lipinski definition) is 3. The van der Waals surface area contributed by atoms with E-state index < -0.39 is 20.6 Å². The second-order valence-electron chi connectivity index (χ2n) is 10.5. The van der Waals surface area contributed by atoms with Crippen molar-refractivity contribution in [1.82, 2.24) is 14.4 Å². The third-order valence-corrected chi connectivity index (χ3v) is 7.88. The number of aromatic nitrogens is 3. The van der Waals surface area contributed by atoms with Gasteiger partial charge in [-0.15, -0.1) is 65.0 Å². The largest absolute Gasteiger partial charge is 0.455 e. The molecule has 6 heteroatoms. The summed E-state index contributed by atoms with van der Waals surface area (Å²) in [5.41, 5.74) is 5.94. The van der Waals surface area contributed by atoms with Crippen molar-refractivity contribution in [3.05, 3.63) is 143 Å². The second-order valence-corrected chi connectivity index (χ2v) is 10.5. The molecule has 0 N–H and O–H groups in total. The Balaban J connectivity index is 0.000000171. The molecule has 0 spiro atoms. The summed E-state index contributed by atoms with van der Waals surface area (Å²) in [5, 5.41) is 4.96. The number of nitrogens with zero attached hydrogens (tertiary/aromatic N) is 4. The minimum Gasteiger partial charge on any atom is -0.455 e. The van der Waals surface area contributed by atoms with Crippen LogP contribution in [-0.2, 0) is 20.1 Å². The van der Waals surface area contributed by atoms with Crippen molar-refractivity contribution in [3.63, 3.8) is 0 Å². The average molecular weight is 780 g/mol. The number of fused-ring (bicyclic) bond motifs is 12. The van der Waals surface area contributed by atoms with Gasteiger partial charge in [0.25, 0.3) is 0 Å². The molecule has 0 saturated heterocycles. The molecule has 0 aliphatic carbocycles. The first kappa shape index (κ1) is 20.6. The molecule has 0 fully saturated rings. The van der Waals surface area contributed by atoms with Crippen LogP contribution >= 0.6 is 0 Å². The molecule has 5 nitrogen and oxygen atoms in total. The minimum absolute atomic E-state index is 0. The standard InChI is InChI=1S/C26H12N3O.C14H14N.Ir/c1-27-20-10-6-12-22-23(20)18-14-13-16-15-7-2-3-8-17(15)26-28-19-9-4-5-11-21(19)29(26)24(16)25(18)30-22;1-10-4-6-13(7-5-10)14-8-11(2)12(3)9-15-14;/h2-7,9-14H;4-6,8-9H,1-3H3;/q2*-1;/i;1D3,2D3,3D3;. The van der Waals surface area contributed by atoms with Gasteiger partial charge >= 0.3 is 0 Å². The van der Waals surface area contributed by atoms with Gasteiger partial charge in [-0.3, -0.25) is 4.98 Å². The predicted octanol–water partition coefficient (Wildman–Crippen LogP) is 10.5. The maximum atomic E-state index is 7.59. The number of rotatable bonds is 1. The van der Waals surface area contributed by atoms with E-state index in [4.69, 9.17) is 28.3 Å². The zero-order valence-corrected chi connectivity index (χ0v) is 26.2. The minimum atomic E-state index is -2.61. The quantitative estimate of drug-likeness (QED) is 0.123. The van der Waals surface area contributed by atoms with Gasteiger partial charge in [0, 0.05) is 49.4 Å². The van der Waals surface area contributed by atoms with E-state index in [-0.39, 0.29) is 42.5 Å². The first-order valence-corrected chi connectivity index (χ1v) is 14.0. The van der Waals surface area contributed by atoms with Gasteiger partial charge in [-0.1, -0.05) is 60.3 Å². The van der Waals surface area contributed by atoms with E-state index in [0.29, 0.717) is 11.3 Å². The van der Waals surface area contributed by atoms with Crippen LogP contribution in [0.4, 0.5) is 5.69 Å². The summed E-state index contributed by atoms with van der Waals surface area (Å²) in [6, 6.07) is 35.4. The van der Waals surface area contributed by atoms with E-state index in [1.807, 2.05) is 48.5 Å². The molecular weight excluding hydrogens is 745 g/mol. The summed E-state index contributed by atoms with van der Waals surface area (Å²) < 4.78 is 75.5. The first-order chi connectivity index (χ1) is 25.6. The van der Waals surface area contributed by atoms with Gasteiger partial charge in [-0.2, -0.15) is 0 Å². The van der Waals surface area contributed by atoms with Crippen molar-refractivity contribution in [3.8, 4) is 11.3 Å². The number of hydrogen-bond donors (Lipinski definition) is 0. The zero-order valence-electron chi connectivity index (χ0n) is 32.8. The Morgan fingerprint density at radius 3 is 2.59 bits per heavy atom. The Morgan fingerprint density at radius 2 is 1.76 bits per heavy atom. The van der Waals surface area contributed by atoms with Crippen molar-refractivity contribution in [1.29, 1.82) is 0 Å². The van der Waals surface area contributed by atoms with E-state index in [2.05, 4.69) is 50.6 Å². The first-order valence-electron chi connectivity index (χ1n) is 18.5. The Hall–Kier alpha value is -5.34. The third kappa shape index (κ3) is 4.64. The van der Waals surface area contributed by atoms with Gasteiger partial charge in [0.05, 0.1) is 28.8 Å². The Morgan fingerprint density at radius 1 is 0.870 bits per heavy atom. The molecule has 0 atom stereocenters. The van der Waals surface area contributed by atoms with Crippen LogP contribution < -0.4 is 0 Å². The van der Waals surface area contributed by atoms with Crippen molar-refractivity contribution >= 4 is 66.0 Å². The van der Waals surface area contributed by atoms with Gasteiger partial charge in [0.1, 0.15) is 5.58 Å². The molecule has 9 rings (SSSR count). The van der Waals surface area contributed by atoms with Crippen LogP contribution in [0.2, 0.25) is 0 Å². The second kappa shape index (κ2) is 11.5. The van der Waals surface area contributed by atoms with Gasteiger partial charge < -0.3 is 13.8 Å². The van der Waals surface area contributed by atoms with Crippen molar-refractivity contribution < 1.29 is 36.9 Å². The number of pyridine rings is 2. The SMILES string of the molecule is [2H]C([2H])([2H])c1c[c-]c(-c2cc(C([2H])([2H])[2H])c(C([2H])([2H])[2H])cn2)cc1.[C-]#[N+]c1cccc2oc3c(ccc4c5ccc[c-]c5c5nc6ccccc6n5c43)c12.[Ir]. The fourth-order valence-corrected chi connectivity index (χ4v) is 5.84. The van der Waals surface area contributed by atoms with Crippen LogP contribution in [0.5, 0.6) is 0 Å². The van der Waals surface area contributed by atoms with Gasteiger partial charge in [0.2, 0.25) is 0 Å². The Kier molecular flexibility index (Phi) is 5.18. The monoisotopic (exact) mass is 780 g/mol. The van der Waals surface area contributed by atoms with Crippen molar-refractivity contribution in [2.24, 2.45) is 0 Å². The van der Waals surface area contributed by atoms with Gasteiger partial charge in [-0.05, 0) is 48.5 Å². The molecule has 0 unspecified atom stereocenters. The van der Waals surface area contributed by atoms with Gasteiger partial charge in [0.15, 0.2) is 11.3 Å². The van der Waals surface area contributed by atoms with Crippen LogP contribution in [0.15, 0.2) is 108 Å². The summed E-state index contributed by atoms with van der Waals surface area (Å²) >= 11 is 0. The smallest absolute Gasteiger partial charge is 0.198 e. The van der Waals surface area contributed by atoms with Crippen LogP contribution in [-0.4, -0.2) is 14.4 Å². The molecule has 0 aliphatic rings. The zero-order chi connectivity index (χ0) is 38.2. The molecule has 9 aromatic rings. The van der Waals surface area contributed by atoms with Crippen LogP contribution in [0.25, 0.3) is 76.4 Å². The Labute approximate surface area is 291 Å². The molecule has 4 aromatic heterocycles. The molecule has 46 heavy (non-hydrogen) atoms. The Bertz CT molecular complexity index is 2980. The number of imidazole rings is 1. The summed E-state index contributed by atoms with van der Waals surface area (Å²) in [6.45, 7) is 0.118. The normalized spacial score (nSPS) is 14.9. The van der Waals surface area contributed by atoms with E-state index in [1.54, 1.807) is 0 Å². The number of aryl methyl sites for hydroxylation is 3. The third-order valence-electron chi connectivity index (χ3n) is 7.88. The summed E-state index contributed by atoms with van der Waals surface area (Å²) in [6.07, 6.45) is 1.02. The molecule has 0 aliphatic heterocycles. The van der Waals surface area contributed by atoms with Crippen LogP contribution in [0.3, 0.4) is 0 Å². The number of para-hydroxylation sites is 2. The van der Waals surface area contributed by atoms with Crippen LogP contribution in [0.1, 0.15) is 29.0 Å². The van der Waals surface area contributed by atoms with E-state index in [1.165, 1.54) is 24.3 Å². The maximum Gasteiger partial charge on any atom is 0.198 e. The molecule has 0 saturated carbocycles. The van der Waals surface area contributed by atoms with E-state index >= 15 is 0 Å². The van der Waals surface area contributed by atoms with Crippen molar-refractivity contribution in [2.75, 3.05) is 0 Å². The van der Waals surface area contributed by atoms with Crippen molar-refractivity contribution in [2.45, 2.75) is 20.6 Å². The molecule has 0 bridgehead atoms. The summed E-state index contributed by atoms with van der Waals surface area (Å²) in [4.78, 5) is 12.6. The molecular formula is C40H26IrN4O-2. The predicted molar refractivity (Wildman–Crippen MR) is 183 cm³/mol. The summed E-state index contributed by atoms with van der Waals surface area (Å²) in [5.74, 6) is 0. The average Bonchev–Trinajstić information content (AvgIpc) is 3.73. The number of benzene rings is 5. The molecule has 1 radical (unpaired) electrons. The number of furan rings is 1. The molecule has 0 amide bonds. The van der Waals surface area contributed by atoms with Crippen LogP contribution in [0, 0.1) is 39.3 Å². The molecule has 223 valence electrons. The molecule has 5 aromatic carbocycles. The van der Waals surface area contributed by atoms with Gasteiger partial charge in [-0.25, -0.2) is 4.85 Å². The fourth-order valence-electron chi connectivity index (χ4n) is 5.84. The molecule has 4 heterocycles. The topological polar surface area (TPSA) is 47.7 Å². The summed E-state index contributed by atoms with van der Waals surface area (Å²) in [7, 11) is 0. The van der Waals surface area contributed by atoms with E-state index in [9.17, 15) is 0 Å². The fraction of sp³-hybridized carbons (Fsp3) is 0.0750. The maximum absolute atomic E-state index is 7.59. The van der Waals surface area contributed by atoms with E-state index in [0.717, 1.165) is 66.5 Å².